The quantitative estimate of drug-likeness (QED) is 0.435. The third-order valence-corrected chi connectivity index (χ3v) is 9.75. The Kier molecular flexibility index (Phi) is 7.58. The van der Waals surface area contributed by atoms with Gasteiger partial charge in [-0.25, -0.2) is 0 Å². The Morgan fingerprint density at radius 1 is 1.11 bits per heavy atom. The number of ether oxygens (including phenoxy) is 6. The molecule has 2 aliphatic rings. The van der Waals surface area contributed by atoms with Gasteiger partial charge in [0.1, 0.15) is 0 Å². The van der Waals surface area contributed by atoms with Gasteiger partial charge in [0, 0.05) is 0 Å². The van der Waals surface area contributed by atoms with E-state index >= 15 is 0 Å². The van der Waals surface area contributed by atoms with Gasteiger partial charge in [-0.2, -0.15) is 0 Å². The number of benzene rings is 1. The van der Waals surface area contributed by atoms with Crippen molar-refractivity contribution in [2.75, 3.05) is 14.2 Å². The molecule has 0 spiro atoms. The second-order valence-electron chi connectivity index (χ2n) is 7.31. The first-order valence-electron chi connectivity index (χ1n) is 9.27. The predicted molar refractivity (Wildman–Crippen MR) is 95.7 cm³/mol. The van der Waals surface area contributed by atoms with Gasteiger partial charge in [0.25, 0.3) is 0 Å². The van der Waals surface area contributed by atoms with Gasteiger partial charge in [-0.15, -0.1) is 0 Å². The predicted octanol–water partition coefficient (Wildman–Crippen LogP) is 3.48. The SMILES string of the molecule is CO[C@@H]1O[C@@](C[CH2][Hg][Cl])(OC)[C@@H]2OC(C)(C)O[C@@H]2[C@H]1OCc1ccccc1. The molecule has 0 aliphatic carbocycles. The molecule has 8 heteroatoms. The van der Waals surface area contributed by atoms with Crippen molar-refractivity contribution in [3.8, 4) is 0 Å². The van der Waals surface area contributed by atoms with Crippen LogP contribution in [0.3, 0.4) is 0 Å². The van der Waals surface area contributed by atoms with Crippen LogP contribution in [0.2, 0.25) is 3.93 Å². The van der Waals surface area contributed by atoms with E-state index in [0.717, 1.165) is 9.49 Å². The zero-order valence-electron chi connectivity index (χ0n) is 16.4. The third-order valence-electron chi connectivity index (χ3n) is 4.99. The zero-order chi connectivity index (χ0) is 19.5. The Hall–Kier alpha value is 0.205. The standard InChI is InChI=1S/C19H27O6.ClH.Hg/c1-6-19(21-5)16-14(23-18(2,3)24-16)15(17(20-4)25-19)22-12-13-10-8-7-9-11-13;;/h7-11,14-17H,1,6,12H2,2-5H3;1H;/q;;+1/p-1/t14-,15-,16-,17-,19-;;/m1../s1. The van der Waals surface area contributed by atoms with Crippen LogP contribution in [0.5, 0.6) is 0 Å². The number of halogens is 1. The van der Waals surface area contributed by atoms with E-state index in [1.807, 2.05) is 44.2 Å². The molecule has 0 bridgehead atoms. The molecular weight excluding hydrogens is 560 g/mol. The van der Waals surface area contributed by atoms with Crippen LogP contribution in [0.1, 0.15) is 25.8 Å². The third kappa shape index (κ3) is 4.86. The summed E-state index contributed by atoms with van der Waals surface area (Å²) in [6, 6.07) is 9.99. The Labute approximate surface area is 176 Å². The van der Waals surface area contributed by atoms with Crippen LogP contribution in [0.4, 0.5) is 0 Å². The molecule has 0 radical (unpaired) electrons. The fourth-order valence-electron chi connectivity index (χ4n) is 3.76. The van der Waals surface area contributed by atoms with Gasteiger partial charge in [-0.1, -0.05) is 0 Å². The van der Waals surface area contributed by atoms with Gasteiger partial charge in [0.2, 0.25) is 0 Å². The summed E-state index contributed by atoms with van der Waals surface area (Å²) >= 11 is -1.37. The molecule has 3 rings (SSSR count). The monoisotopic (exact) mass is 588 g/mol. The van der Waals surface area contributed by atoms with Crippen molar-refractivity contribution in [1.82, 2.24) is 0 Å². The summed E-state index contributed by atoms with van der Waals surface area (Å²) in [4.78, 5) is 0. The first-order valence-corrected chi connectivity index (χ1v) is 19.9. The Morgan fingerprint density at radius 3 is 2.48 bits per heavy atom. The average Bonchev–Trinajstić information content (AvgIpc) is 3.01. The number of hydrogen-bond donors (Lipinski definition) is 0. The maximum atomic E-state index is 6.29. The van der Waals surface area contributed by atoms with Crippen molar-refractivity contribution < 1.29 is 51.8 Å². The van der Waals surface area contributed by atoms with Crippen LogP contribution in [0.15, 0.2) is 30.3 Å². The molecule has 27 heavy (non-hydrogen) atoms. The molecular formula is C19H27ClHgO6. The maximum absolute atomic E-state index is 6.29. The molecule has 0 N–H and O–H groups in total. The first-order chi connectivity index (χ1) is 12.9. The number of methoxy groups -OCH3 is 2. The molecule has 0 saturated carbocycles. The van der Waals surface area contributed by atoms with E-state index in [0.29, 0.717) is 13.0 Å². The van der Waals surface area contributed by atoms with Gasteiger partial charge in [0.05, 0.1) is 0 Å². The van der Waals surface area contributed by atoms with E-state index in [9.17, 15) is 0 Å². The van der Waals surface area contributed by atoms with Crippen molar-refractivity contribution in [3.63, 3.8) is 0 Å². The summed E-state index contributed by atoms with van der Waals surface area (Å²) in [6.07, 6.45) is -1.18. The van der Waals surface area contributed by atoms with E-state index in [-0.39, 0.29) is 6.10 Å². The van der Waals surface area contributed by atoms with Crippen molar-refractivity contribution in [2.24, 2.45) is 0 Å². The summed E-state index contributed by atoms with van der Waals surface area (Å²) in [6.45, 7) is 4.22. The van der Waals surface area contributed by atoms with E-state index in [2.05, 4.69) is 0 Å². The summed E-state index contributed by atoms with van der Waals surface area (Å²) in [5.74, 6) is -1.70. The average molecular weight is 587 g/mol. The molecule has 1 aromatic rings. The molecule has 6 nitrogen and oxygen atoms in total. The fourth-order valence-corrected chi connectivity index (χ4v) is 7.37. The van der Waals surface area contributed by atoms with Crippen LogP contribution in [-0.2, 0) is 58.4 Å². The van der Waals surface area contributed by atoms with Crippen LogP contribution in [0.25, 0.3) is 0 Å². The molecule has 148 valence electrons. The van der Waals surface area contributed by atoms with Crippen molar-refractivity contribution in [3.05, 3.63) is 35.9 Å². The van der Waals surface area contributed by atoms with Crippen LogP contribution < -0.4 is 0 Å². The topological polar surface area (TPSA) is 55.4 Å². The summed E-state index contributed by atoms with van der Waals surface area (Å²) in [7, 11) is 9.38. The summed E-state index contributed by atoms with van der Waals surface area (Å²) < 4.78 is 37.3. The second-order valence-corrected chi connectivity index (χ2v) is 14.8. The minimum absolute atomic E-state index is 0.366. The molecule has 0 unspecified atom stereocenters. The Morgan fingerprint density at radius 2 is 1.85 bits per heavy atom. The van der Waals surface area contributed by atoms with Crippen molar-refractivity contribution in [1.29, 1.82) is 0 Å². The molecule has 2 heterocycles. The number of rotatable bonds is 8. The van der Waals surface area contributed by atoms with Crippen molar-refractivity contribution >= 4 is 8.25 Å². The number of fused-ring (bicyclic) bond motifs is 1. The first kappa shape index (κ1) is 21.9. The van der Waals surface area contributed by atoms with E-state index < -0.39 is 53.4 Å². The second kappa shape index (κ2) is 9.35. The van der Waals surface area contributed by atoms with Crippen LogP contribution >= 0.6 is 8.25 Å². The van der Waals surface area contributed by atoms with Gasteiger partial charge < -0.3 is 0 Å². The molecule has 2 aliphatic heterocycles. The molecule has 0 aromatic heterocycles. The van der Waals surface area contributed by atoms with Gasteiger partial charge in [0.15, 0.2) is 0 Å². The van der Waals surface area contributed by atoms with E-state index in [1.165, 1.54) is 0 Å². The van der Waals surface area contributed by atoms with Gasteiger partial charge >= 0.3 is 177 Å². The Bertz CT molecular complexity index is 603. The summed E-state index contributed by atoms with van der Waals surface area (Å²) in [5.41, 5.74) is 1.07. The molecule has 2 fully saturated rings. The van der Waals surface area contributed by atoms with Crippen LogP contribution in [-0.4, -0.2) is 50.4 Å². The minimum atomic E-state index is -1.37. The molecule has 2 saturated heterocycles. The molecule has 0 amide bonds. The van der Waals surface area contributed by atoms with E-state index in [1.54, 1.807) is 14.2 Å². The zero-order valence-corrected chi connectivity index (χ0v) is 22.6. The normalized spacial score (nSPS) is 34.9. The Balaban J connectivity index is 1.84. The molecule has 5 atom stereocenters. The fraction of sp³-hybridized carbons (Fsp3) is 0.684. The van der Waals surface area contributed by atoms with Gasteiger partial charge in [-0.3, -0.25) is 0 Å². The summed E-state index contributed by atoms with van der Waals surface area (Å²) in [5, 5.41) is 0. The van der Waals surface area contributed by atoms with E-state index in [4.69, 9.17) is 36.7 Å². The molecule has 1 aromatic carbocycles. The van der Waals surface area contributed by atoms with Crippen molar-refractivity contribution in [2.45, 2.75) is 67.0 Å². The van der Waals surface area contributed by atoms with Crippen LogP contribution in [0, 0.1) is 0 Å². The van der Waals surface area contributed by atoms with Gasteiger partial charge in [-0.05, 0) is 0 Å². The number of hydrogen-bond acceptors (Lipinski definition) is 6.